The molecule has 0 aliphatic rings. The number of carboxylic acid groups (broad SMARTS) is 2. The van der Waals surface area contributed by atoms with E-state index in [2.05, 4.69) is 25.9 Å². The van der Waals surface area contributed by atoms with E-state index in [0.29, 0.717) is 11.3 Å². The van der Waals surface area contributed by atoms with Gasteiger partial charge < -0.3 is 36.9 Å². The van der Waals surface area contributed by atoms with Crippen LogP contribution in [0.5, 0.6) is 0 Å². The lowest BCUT2D eigenvalue weighted by atomic mass is 10.0. The summed E-state index contributed by atoms with van der Waals surface area (Å²) in [6.07, 6.45) is 2.11. The molecule has 1 heterocycles. The van der Waals surface area contributed by atoms with Crippen molar-refractivity contribution in [3.8, 4) is 0 Å². The fraction of sp³-hybridized carbons (Fsp3) is 0.364. The first-order valence-corrected chi connectivity index (χ1v) is 10.8. The number of aromatic amines is 1. The second-order valence-corrected chi connectivity index (χ2v) is 7.69. The summed E-state index contributed by atoms with van der Waals surface area (Å²) in [4.78, 5) is 67.0. The highest BCUT2D eigenvalue weighted by Gasteiger charge is 2.30. The van der Waals surface area contributed by atoms with E-state index in [-0.39, 0.29) is 19.3 Å². The van der Waals surface area contributed by atoms with Crippen molar-refractivity contribution < 1.29 is 34.2 Å². The summed E-state index contributed by atoms with van der Waals surface area (Å²) in [6, 6.07) is 4.92. The van der Waals surface area contributed by atoms with Gasteiger partial charge in [0.25, 0.3) is 0 Å². The topological polar surface area (TPSA) is 217 Å². The van der Waals surface area contributed by atoms with Gasteiger partial charge in [0, 0.05) is 31.2 Å². The lowest BCUT2D eigenvalue weighted by Gasteiger charge is -2.24. The number of aliphatic carboxylic acids is 2. The Morgan fingerprint density at radius 2 is 1.57 bits per heavy atom. The molecule has 188 valence electrons. The molecule has 3 unspecified atom stereocenters. The number of imidazole rings is 1. The molecule has 0 fully saturated rings. The first-order valence-electron chi connectivity index (χ1n) is 10.8. The van der Waals surface area contributed by atoms with Crippen LogP contribution in [0.25, 0.3) is 0 Å². The number of amides is 3. The molecule has 2 aromatic rings. The van der Waals surface area contributed by atoms with Gasteiger partial charge in [0.1, 0.15) is 18.1 Å². The quantitative estimate of drug-likeness (QED) is 0.165. The highest BCUT2D eigenvalue weighted by Crippen LogP contribution is 2.07. The zero-order chi connectivity index (χ0) is 25.8. The number of nitrogens with one attached hydrogen (secondary N) is 4. The number of aromatic nitrogens is 2. The number of nitrogens with two attached hydrogens (primary N) is 1. The number of carbonyl (C=O) groups is 5. The number of carbonyl (C=O) groups excluding carboxylic acids is 3. The van der Waals surface area contributed by atoms with Crippen LogP contribution in [0.4, 0.5) is 0 Å². The van der Waals surface area contributed by atoms with Gasteiger partial charge in [-0.15, -0.1) is 0 Å². The van der Waals surface area contributed by atoms with Crippen molar-refractivity contribution >= 4 is 29.7 Å². The highest BCUT2D eigenvalue weighted by molar-refractivity contribution is 5.94. The van der Waals surface area contributed by atoms with Crippen LogP contribution < -0.4 is 21.7 Å². The van der Waals surface area contributed by atoms with E-state index in [1.54, 1.807) is 30.3 Å². The third kappa shape index (κ3) is 9.25. The van der Waals surface area contributed by atoms with Gasteiger partial charge in [0.05, 0.1) is 12.9 Å². The van der Waals surface area contributed by atoms with Crippen LogP contribution in [-0.2, 0) is 36.8 Å². The maximum Gasteiger partial charge on any atom is 0.326 e. The largest absolute Gasteiger partial charge is 0.481 e. The van der Waals surface area contributed by atoms with Crippen molar-refractivity contribution in [1.29, 1.82) is 0 Å². The Hall–Kier alpha value is -4.26. The zero-order valence-corrected chi connectivity index (χ0v) is 18.8. The van der Waals surface area contributed by atoms with Crippen LogP contribution in [0.2, 0.25) is 0 Å². The molecule has 35 heavy (non-hydrogen) atoms. The summed E-state index contributed by atoms with van der Waals surface area (Å²) in [5.41, 5.74) is 6.45. The molecule has 8 N–H and O–H groups in total. The standard InChI is InChI=1S/C22H28N6O7/c23-10-18(29)26-15(6-7-19(30)31)20(32)27-16(8-13-4-2-1-3-5-13)21(33)28-17(22(34)35)9-14-11-24-12-25-14/h1-5,11-12,15-17H,6-10,23H2,(H,24,25)(H,26,29)(H,27,32)(H,28,33)(H,30,31)(H,34,35). The third-order valence-corrected chi connectivity index (χ3v) is 4.99. The molecule has 0 saturated carbocycles. The van der Waals surface area contributed by atoms with Crippen LogP contribution >= 0.6 is 0 Å². The number of H-pyrrole nitrogens is 1. The van der Waals surface area contributed by atoms with Crippen molar-refractivity contribution in [1.82, 2.24) is 25.9 Å². The van der Waals surface area contributed by atoms with Gasteiger partial charge in [-0.3, -0.25) is 19.2 Å². The highest BCUT2D eigenvalue weighted by atomic mass is 16.4. The number of rotatable bonds is 14. The predicted octanol–water partition coefficient (Wildman–Crippen LogP) is -1.44. The molecular weight excluding hydrogens is 460 g/mol. The van der Waals surface area contributed by atoms with E-state index in [4.69, 9.17) is 10.8 Å². The van der Waals surface area contributed by atoms with E-state index in [9.17, 15) is 29.1 Å². The smallest absolute Gasteiger partial charge is 0.326 e. The Labute approximate surface area is 200 Å². The average molecular weight is 489 g/mol. The summed E-state index contributed by atoms with van der Waals surface area (Å²) >= 11 is 0. The SMILES string of the molecule is NCC(=O)NC(CCC(=O)O)C(=O)NC(Cc1ccccc1)C(=O)NC(Cc1cnc[nH]1)C(=O)O. The summed E-state index contributed by atoms with van der Waals surface area (Å²) in [5.74, 6) is -4.70. The van der Waals surface area contributed by atoms with Gasteiger partial charge in [-0.05, 0) is 12.0 Å². The number of benzene rings is 1. The van der Waals surface area contributed by atoms with Crippen LogP contribution in [-0.4, -0.2) is 74.5 Å². The van der Waals surface area contributed by atoms with E-state index in [1.165, 1.54) is 12.5 Å². The molecule has 0 aliphatic heterocycles. The number of hydrogen-bond donors (Lipinski definition) is 7. The maximum absolute atomic E-state index is 13.1. The van der Waals surface area contributed by atoms with Crippen molar-refractivity contribution in [3.05, 3.63) is 54.1 Å². The minimum absolute atomic E-state index is 0.0191. The Balaban J connectivity index is 2.21. The first-order chi connectivity index (χ1) is 16.7. The first kappa shape index (κ1) is 27.0. The summed E-state index contributed by atoms with van der Waals surface area (Å²) in [7, 11) is 0. The van der Waals surface area contributed by atoms with E-state index < -0.39 is 60.8 Å². The predicted molar refractivity (Wildman–Crippen MR) is 122 cm³/mol. The monoisotopic (exact) mass is 488 g/mol. The molecule has 13 heteroatoms. The Kier molecular flexibility index (Phi) is 10.4. The molecule has 0 saturated heterocycles. The average Bonchev–Trinajstić information content (AvgIpc) is 3.34. The molecule has 3 amide bonds. The lowest BCUT2D eigenvalue weighted by Crippen LogP contribution is -2.57. The molecule has 1 aromatic carbocycles. The lowest BCUT2D eigenvalue weighted by molar-refractivity contribution is -0.142. The molecule has 3 atom stereocenters. The molecule has 0 aliphatic carbocycles. The van der Waals surface area contributed by atoms with Gasteiger partial charge in [-0.2, -0.15) is 0 Å². The van der Waals surface area contributed by atoms with Crippen molar-refractivity contribution in [2.24, 2.45) is 5.73 Å². The Morgan fingerprint density at radius 3 is 2.14 bits per heavy atom. The number of hydrogen-bond acceptors (Lipinski definition) is 7. The molecular formula is C22H28N6O7. The van der Waals surface area contributed by atoms with Gasteiger partial charge in [0.2, 0.25) is 17.7 Å². The van der Waals surface area contributed by atoms with Gasteiger partial charge in [-0.1, -0.05) is 30.3 Å². The van der Waals surface area contributed by atoms with E-state index in [0.717, 1.165) is 0 Å². The molecule has 13 nitrogen and oxygen atoms in total. The molecule has 0 radical (unpaired) electrons. The van der Waals surface area contributed by atoms with Crippen molar-refractivity contribution in [2.45, 2.75) is 43.8 Å². The second kappa shape index (κ2) is 13.4. The molecule has 0 bridgehead atoms. The van der Waals surface area contributed by atoms with Crippen LogP contribution in [0.1, 0.15) is 24.1 Å². The van der Waals surface area contributed by atoms with Crippen molar-refractivity contribution in [2.75, 3.05) is 6.54 Å². The minimum atomic E-state index is -1.31. The van der Waals surface area contributed by atoms with Gasteiger partial charge in [0.15, 0.2) is 0 Å². The minimum Gasteiger partial charge on any atom is -0.481 e. The van der Waals surface area contributed by atoms with E-state index in [1.807, 2.05) is 0 Å². The van der Waals surface area contributed by atoms with Crippen molar-refractivity contribution in [3.63, 3.8) is 0 Å². The Morgan fingerprint density at radius 1 is 0.914 bits per heavy atom. The summed E-state index contributed by atoms with van der Waals surface area (Å²) in [5, 5.41) is 25.8. The third-order valence-electron chi connectivity index (χ3n) is 4.99. The summed E-state index contributed by atoms with van der Waals surface area (Å²) < 4.78 is 0. The fourth-order valence-corrected chi connectivity index (χ4v) is 3.21. The van der Waals surface area contributed by atoms with E-state index >= 15 is 0 Å². The Bertz CT molecular complexity index is 1010. The van der Waals surface area contributed by atoms with Gasteiger partial charge >= 0.3 is 11.9 Å². The molecule has 1 aromatic heterocycles. The summed E-state index contributed by atoms with van der Waals surface area (Å²) in [6.45, 7) is -0.418. The fourth-order valence-electron chi connectivity index (χ4n) is 3.21. The number of nitrogens with zero attached hydrogens (tertiary/aromatic N) is 1. The second-order valence-electron chi connectivity index (χ2n) is 7.69. The van der Waals surface area contributed by atoms with Crippen LogP contribution in [0.3, 0.4) is 0 Å². The van der Waals surface area contributed by atoms with Gasteiger partial charge in [-0.25, -0.2) is 9.78 Å². The normalized spacial score (nSPS) is 13.2. The zero-order valence-electron chi connectivity index (χ0n) is 18.8. The van der Waals surface area contributed by atoms with Crippen LogP contribution in [0, 0.1) is 0 Å². The molecule has 0 spiro atoms. The maximum atomic E-state index is 13.1. The number of carboxylic acids is 2. The van der Waals surface area contributed by atoms with Crippen LogP contribution in [0.15, 0.2) is 42.9 Å². The molecule has 2 rings (SSSR count).